The van der Waals surface area contributed by atoms with Crippen LogP contribution >= 0.6 is 0 Å². The van der Waals surface area contributed by atoms with Crippen LogP contribution in [0.5, 0.6) is 5.75 Å². The first-order chi connectivity index (χ1) is 13.2. The average molecular weight is 370 g/mol. The number of likely N-dealkylation sites (N-methyl/N-ethyl adjacent to an activating group) is 1. The molecule has 1 aliphatic rings. The van der Waals surface area contributed by atoms with Gasteiger partial charge in [0.15, 0.2) is 0 Å². The zero-order valence-electron chi connectivity index (χ0n) is 16.4. The Morgan fingerprint density at radius 3 is 3.04 bits per heavy atom. The lowest BCUT2D eigenvalue weighted by Gasteiger charge is -2.34. The van der Waals surface area contributed by atoms with Gasteiger partial charge in [0.25, 0.3) is 0 Å². The summed E-state index contributed by atoms with van der Waals surface area (Å²) in [5.41, 5.74) is 2.13. The number of benzene rings is 1. The molecule has 1 saturated heterocycles. The number of aromatic amines is 1. The minimum atomic E-state index is 0.144. The molecule has 0 bridgehead atoms. The summed E-state index contributed by atoms with van der Waals surface area (Å²) in [6, 6.07) is 8.24. The number of amides is 1. The summed E-state index contributed by atoms with van der Waals surface area (Å²) in [7, 11) is 3.64. The molecule has 1 fully saturated rings. The number of H-pyrrole nitrogens is 1. The van der Waals surface area contributed by atoms with E-state index in [1.807, 2.05) is 24.1 Å². The maximum absolute atomic E-state index is 12.4. The summed E-state index contributed by atoms with van der Waals surface area (Å²) in [6.45, 7) is 4.04. The van der Waals surface area contributed by atoms with Gasteiger partial charge in [0.05, 0.1) is 19.9 Å². The Labute approximate surface area is 161 Å². The SMILES string of the molecule is COc1ccccc1CCN1CCC[C@@H](CN(C)C(=O)Cc2cnc[nH]2)C1. The fraction of sp³-hybridized carbons (Fsp3) is 0.524. The predicted molar refractivity (Wildman–Crippen MR) is 106 cm³/mol. The van der Waals surface area contributed by atoms with Crippen LogP contribution in [0.25, 0.3) is 0 Å². The molecule has 2 aromatic rings. The summed E-state index contributed by atoms with van der Waals surface area (Å²) in [5, 5.41) is 0. The van der Waals surface area contributed by atoms with Crippen molar-refractivity contribution in [1.82, 2.24) is 19.8 Å². The molecule has 1 atom stereocenters. The van der Waals surface area contributed by atoms with Crippen molar-refractivity contribution in [3.8, 4) is 5.75 Å². The first kappa shape index (κ1) is 19.4. The molecular formula is C21H30N4O2. The van der Waals surface area contributed by atoms with Crippen LogP contribution in [0.4, 0.5) is 0 Å². The third-order valence-electron chi connectivity index (χ3n) is 5.35. The van der Waals surface area contributed by atoms with E-state index in [4.69, 9.17) is 4.74 Å². The fourth-order valence-corrected chi connectivity index (χ4v) is 3.86. The number of aromatic nitrogens is 2. The van der Waals surface area contributed by atoms with Crippen LogP contribution in [-0.2, 0) is 17.6 Å². The second kappa shape index (κ2) is 9.55. The number of carbonyl (C=O) groups is 1. The number of ether oxygens (including phenoxy) is 1. The topological polar surface area (TPSA) is 61.5 Å². The normalized spacial score (nSPS) is 17.6. The van der Waals surface area contributed by atoms with Gasteiger partial charge in [-0.3, -0.25) is 4.79 Å². The first-order valence-electron chi connectivity index (χ1n) is 9.71. The van der Waals surface area contributed by atoms with Crippen LogP contribution < -0.4 is 4.74 Å². The van der Waals surface area contributed by atoms with Crippen molar-refractivity contribution < 1.29 is 9.53 Å². The van der Waals surface area contributed by atoms with Gasteiger partial charge in [-0.15, -0.1) is 0 Å². The van der Waals surface area contributed by atoms with E-state index in [0.717, 1.165) is 44.0 Å². The van der Waals surface area contributed by atoms with Crippen LogP contribution in [0.1, 0.15) is 24.1 Å². The molecule has 6 nitrogen and oxygen atoms in total. The number of imidazole rings is 1. The largest absolute Gasteiger partial charge is 0.496 e. The summed E-state index contributed by atoms with van der Waals surface area (Å²) >= 11 is 0. The highest BCUT2D eigenvalue weighted by molar-refractivity contribution is 5.77. The number of nitrogens with one attached hydrogen (secondary N) is 1. The number of carbonyl (C=O) groups excluding carboxylic acids is 1. The van der Waals surface area contributed by atoms with Gasteiger partial charge in [0, 0.05) is 38.6 Å². The van der Waals surface area contributed by atoms with Crippen LogP contribution in [0.3, 0.4) is 0 Å². The molecule has 1 aromatic carbocycles. The summed E-state index contributed by atoms with van der Waals surface area (Å²) in [5.74, 6) is 1.65. The van der Waals surface area contributed by atoms with E-state index in [9.17, 15) is 4.79 Å². The monoisotopic (exact) mass is 370 g/mol. The van der Waals surface area contributed by atoms with Crippen LogP contribution in [0.2, 0.25) is 0 Å². The Kier molecular flexibility index (Phi) is 6.87. The average Bonchev–Trinajstić information content (AvgIpc) is 3.20. The van der Waals surface area contributed by atoms with E-state index in [1.54, 1.807) is 19.6 Å². The molecular weight excluding hydrogens is 340 g/mol. The number of methoxy groups -OCH3 is 1. The molecule has 0 spiro atoms. The second-order valence-corrected chi connectivity index (χ2v) is 7.40. The van der Waals surface area contributed by atoms with Gasteiger partial charge in [0.2, 0.25) is 5.91 Å². The lowest BCUT2D eigenvalue weighted by Crippen LogP contribution is -2.42. The lowest BCUT2D eigenvalue weighted by molar-refractivity contribution is -0.130. The number of likely N-dealkylation sites (tertiary alicyclic amines) is 1. The molecule has 27 heavy (non-hydrogen) atoms. The van der Waals surface area contributed by atoms with Crippen molar-refractivity contribution in [2.24, 2.45) is 5.92 Å². The van der Waals surface area contributed by atoms with Gasteiger partial charge in [-0.2, -0.15) is 0 Å². The van der Waals surface area contributed by atoms with Gasteiger partial charge >= 0.3 is 0 Å². The van der Waals surface area contributed by atoms with E-state index in [2.05, 4.69) is 27.0 Å². The fourth-order valence-electron chi connectivity index (χ4n) is 3.86. The van der Waals surface area contributed by atoms with Crippen LogP contribution in [-0.4, -0.2) is 66.0 Å². The van der Waals surface area contributed by atoms with Gasteiger partial charge in [-0.25, -0.2) is 4.98 Å². The summed E-state index contributed by atoms with van der Waals surface area (Å²) in [6.07, 6.45) is 7.09. The number of hydrogen-bond donors (Lipinski definition) is 1. The molecule has 0 saturated carbocycles. The molecule has 3 rings (SSSR count). The molecule has 0 unspecified atom stereocenters. The highest BCUT2D eigenvalue weighted by atomic mass is 16.5. The van der Waals surface area contributed by atoms with Crippen molar-refractivity contribution in [3.05, 3.63) is 48.0 Å². The van der Waals surface area contributed by atoms with E-state index in [-0.39, 0.29) is 5.91 Å². The second-order valence-electron chi connectivity index (χ2n) is 7.40. The number of nitrogens with zero attached hydrogens (tertiary/aromatic N) is 3. The zero-order chi connectivity index (χ0) is 19.1. The molecule has 0 aliphatic carbocycles. The van der Waals surface area contributed by atoms with Crippen molar-refractivity contribution in [2.45, 2.75) is 25.7 Å². The Bertz CT molecular complexity index is 717. The van der Waals surface area contributed by atoms with E-state index < -0.39 is 0 Å². The molecule has 6 heteroatoms. The predicted octanol–water partition coefficient (Wildman–Crippen LogP) is 2.37. The van der Waals surface area contributed by atoms with E-state index >= 15 is 0 Å². The van der Waals surface area contributed by atoms with Gasteiger partial charge in [0.1, 0.15) is 5.75 Å². The zero-order valence-corrected chi connectivity index (χ0v) is 16.4. The minimum Gasteiger partial charge on any atom is -0.496 e. The highest BCUT2D eigenvalue weighted by Gasteiger charge is 2.23. The maximum atomic E-state index is 12.4. The lowest BCUT2D eigenvalue weighted by atomic mass is 9.97. The Balaban J connectivity index is 1.46. The minimum absolute atomic E-state index is 0.144. The molecule has 1 amide bonds. The van der Waals surface area contributed by atoms with Gasteiger partial charge < -0.3 is 19.5 Å². The molecule has 146 valence electrons. The number of hydrogen-bond acceptors (Lipinski definition) is 4. The van der Waals surface area contributed by atoms with Crippen LogP contribution in [0, 0.1) is 5.92 Å². The van der Waals surface area contributed by atoms with E-state index in [0.29, 0.717) is 12.3 Å². The maximum Gasteiger partial charge on any atom is 0.228 e. The molecule has 2 heterocycles. The summed E-state index contributed by atoms with van der Waals surface area (Å²) < 4.78 is 5.46. The van der Waals surface area contributed by atoms with Crippen molar-refractivity contribution >= 4 is 5.91 Å². The smallest absolute Gasteiger partial charge is 0.228 e. The standard InChI is InChI=1S/C21H30N4O2/c1-24(21(26)12-19-13-22-16-23-19)14-17-6-5-10-25(15-17)11-9-18-7-3-4-8-20(18)27-2/h3-4,7-8,13,16-17H,5-6,9-12,14-15H2,1-2H3,(H,22,23)/t17-/m0/s1. The number of para-hydroxylation sites is 1. The number of rotatable bonds is 8. The Morgan fingerprint density at radius 1 is 1.41 bits per heavy atom. The van der Waals surface area contributed by atoms with E-state index in [1.165, 1.54) is 18.4 Å². The highest BCUT2D eigenvalue weighted by Crippen LogP contribution is 2.21. The quantitative estimate of drug-likeness (QED) is 0.775. The number of piperidine rings is 1. The molecule has 1 N–H and O–H groups in total. The summed E-state index contributed by atoms with van der Waals surface area (Å²) in [4.78, 5) is 23.8. The van der Waals surface area contributed by atoms with Gasteiger partial charge in [-0.1, -0.05) is 18.2 Å². The first-order valence-corrected chi connectivity index (χ1v) is 9.71. The molecule has 0 radical (unpaired) electrons. The van der Waals surface area contributed by atoms with Crippen LogP contribution in [0.15, 0.2) is 36.8 Å². The van der Waals surface area contributed by atoms with Crippen molar-refractivity contribution in [1.29, 1.82) is 0 Å². The van der Waals surface area contributed by atoms with Crippen molar-refractivity contribution in [3.63, 3.8) is 0 Å². The third kappa shape index (κ3) is 5.57. The Morgan fingerprint density at radius 2 is 2.26 bits per heavy atom. The third-order valence-corrected chi connectivity index (χ3v) is 5.35. The van der Waals surface area contributed by atoms with Crippen molar-refractivity contribution in [2.75, 3.05) is 40.3 Å². The van der Waals surface area contributed by atoms with Gasteiger partial charge in [-0.05, 0) is 43.4 Å². The molecule has 1 aliphatic heterocycles. The molecule has 1 aromatic heterocycles. The Hall–Kier alpha value is -2.34.